The fraction of sp³-hybridized carbons (Fsp3) is 0.375. The van der Waals surface area contributed by atoms with Crippen LogP contribution in [0.1, 0.15) is 47.1 Å². The number of hydrogen-bond acceptors (Lipinski definition) is 4. The van der Waals surface area contributed by atoms with Crippen LogP contribution in [0, 0.1) is 6.92 Å². The molecule has 1 aromatic heterocycles. The molecule has 1 atom stereocenters. The van der Waals surface area contributed by atoms with E-state index in [4.69, 9.17) is 4.74 Å². The fourth-order valence-corrected chi connectivity index (χ4v) is 2.20. The van der Waals surface area contributed by atoms with E-state index in [9.17, 15) is 9.90 Å². The molecule has 1 heterocycles. The van der Waals surface area contributed by atoms with Crippen LogP contribution in [0.2, 0.25) is 0 Å². The molecule has 5 heteroatoms. The molecule has 0 saturated carbocycles. The number of rotatable bonds is 4. The summed E-state index contributed by atoms with van der Waals surface area (Å²) in [6.45, 7) is 5.54. The summed E-state index contributed by atoms with van der Waals surface area (Å²) in [5.41, 5.74) is 2.87. The highest BCUT2D eigenvalue weighted by Crippen LogP contribution is 2.27. The number of esters is 1. The summed E-state index contributed by atoms with van der Waals surface area (Å²) < 4.78 is 6.97. The minimum Gasteiger partial charge on any atom is -0.404 e. The summed E-state index contributed by atoms with van der Waals surface area (Å²) in [5.74, 6) is -0.0381. The van der Waals surface area contributed by atoms with E-state index >= 15 is 0 Å². The van der Waals surface area contributed by atoms with Crippen molar-refractivity contribution >= 4 is 5.97 Å². The molecule has 0 amide bonds. The van der Waals surface area contributed by atoms with Crippen LogP contribution in [0.25, 0.3) is 0 Å². The summed E-state index contributed by atoms with van der Waals surface area (Å²) in [6, 6.07) is 7.19. The van der Waals surface area contributed by atoms with Gasteiger partial charge in [-0.15, -0.1) is 0 Å². The maximum atomic E-state index is 12.2. The average Bonchev–Trinajstić information content (AvgIpc) is 2.76. The van der Waals surface area contributed by atoms with Gasteiger partial charge in [0.2, 0.25) is 5.88 Å². The zero-order valence-electron chi connectivity index (χ0n) is 12.8. The Balaban J connectivity index is 2.31. The average molecular weight is 288 g/mol. The second-order valence-electron chi connectivity index (χ2n) is 5.08. The van der Waals surface area contributed by atoms with Gasteiger partial charge in [0.05, 0.1) is 17.4 Å². The minimum atomic E-state index is -0.696. The van der Waals surface area contributed by atoms with Crippen LogP contribution in [0.4, 0.5) is 0 Å². The second-order valence-corrected chi connectivity index (χ2v) is 5.08. The van der Waals surface area contributed by atoms with Crippen LogP contribution in [-0.2, 0) is 13.5 Å². The van der Waals surface area contributed by atoms with Gasteiger partial charge in [0.25, 0.3) is 0 Å². The molecule has 2 rings (SSSR count). The molecule has 2 aromatic rings. The zero-order valence-corrected chi connectivity index (χ0v) is 12.8. The van der Waals surface area contributed by atoms with E-state index in [1.165, 1.54) is 4.68 Å². The lowest BCUT2D eigenvalue weighted by atomic mass is 10.1. The number of carbonyl (C=O) groups is 1. The number of hydrogen-bond donors (Lipinski definition) is 1. The first-order valence-corrected chi connectivity index (χ1v) is 6.96. The molecule has 1 N–H and O–H groups in total. The third kappa shape index (κ3) is 3.13. The Hall–Kier alpha value is -2.14. The summed E-state index contributed by atoms with van der Waals surface area (Å²) in [7, 11) is 1.70. The lowest BCUT2D eigenvalue weighted by Crippen LogP contribution is -2.12. The van der Waals surface area contributed by atoms with Crippen molar-refractivity contribution in [2.24, 2.45) is 7.05 Å². The molecular formula is C16H20N2O3. The topological polar surface area (TPSA) is 64.3 Å². The third-order valence-corrected chi connectivity index (χ3v) is 3.34. The van der Waals surface area contributed by atoms with Gasteiger partial charge in [0.15, 0.2) is 0 Å². The molecule has 0 fully saturated rings. The highest BCUT2D eigenvalue weighted by molar-refractivity contribution is 5.91. The normalized spacial score (nSPS) is 12.2. The molecule has 0 spiro atoms. The number of aromatic nitrogens is 2. The van der Waals surface area contributed by atoms with Gasteiger partial charge in [-0.2, -0.15) is 5.10 Å². The van der Waals surface area contributed by atoms with Gasteiger partial charge < -0.3 is 9.84 Å². The lowest BCUT2D eigenvalue weighted by Gasteiger charge is -2.07. The van der Waals surface area contributed by atoms with Crippen molar-refractivity contribution < 1.29 is 14.6 Å². The maximum absolute atomic E-state index is 12.2. The van der Waals surface area contributed by atoms with Gasteiger partial charge in [-0.25, -0.2) is 9.48 Å². The molecule has 0 aliphatic heterocycles. The van der Waals surface area contributed by atoms with E-state index in [0.29, 0.717) is 23.6 Å². The van der Waals surface area contributed by atoms with Crippen molar-refractivity contribution in [1.29, 1.82) is 0 Å². The van der Waals surface area contributed by atoms with Gasteiger partial charge in [-0.3, -0.25) is 0 Å². The smallest absolute Gasteiger partial charge is 0.344 e. The van der Waals surface area contributed by atoms with Gasteiger partial charge in [-0.05, 0) is 32.4 Å². The van der Waals surface area contributed by atoms with Crippen LogP contribution in [0.5, 0.6) is 5.88 Å². The summed E-state index contributed by atoms with van der Waals surface area (Å²) >= 11 is 0. The van der Waals surface area contributed by atoms with E-state index in [0.717, 1.165) is 11.1 Å². The Morgan fingerprint density at radius 1 is 1.38 bits per heavy atom. The number of carbonyl (C=O) groups excluding carboxylic acids is 1. The predicted octanol–water partition coefficient (Wildman–Crippen LogP) is 2.56. The molecule has 1 aromatic carbocycles. The molecule has 0 aliphatic rings. The molecule has 5 nitrogen and oxygen atoms in total. The molecular weight excluding hydrogens is 268 g/mol. The van der Waals surface area contributed by atoms with Crippen LogP contribution in [0.15, 0.2) is 24.3 Å². The number of aliphatic hydroxyl groups excluding tert-OH is 1. The monoisotopic (exact) mass is 288 g/mol. The molecule has 0 aliphatic carbocycles. The number of aryl methyl sites for hydroxylation is 2. The maximum Gasteiger partial charge on any atom is 0.344 e. The second kappa shape index (κ2) is 6.10. The van der Waals surface area contributed by atoms with Crippen molar-refractivity contribution in [2.75, 3.05) is 0 Å². The Bertz CT molecular complexity index is 642. The molecule has 21 heavy (non-hydrogen) atoms. The number of nitrogens with zero attached hydrogens (tertiary/aromatic N) is 2. The highest BCUT2D eigenvalue weighted by atomic mass is 16.5. The summed E-state index contributed by atoms with van der Waals surface area (Å²) in [4.78, 5) is 12.2. The predicted molar refractivity (Wildman–Crippen MR) is 79.4 cm³/mol. The van der Waals surface area contributed by atoms with E-state index in [2.05, 4.69) is 5.10 Å². The highest BCUT2D eigenvalue weighted by Gasteiger charge is 2.21. The molecule has 0 bridgehead atoms. The molecule has 112 valence electrons. The van der Waals surface area contributed by atoms with E-state index in [1.54, 1.807) is 26.1 Å². The summed E-state index contributed by atoms with van der Waals surface area (Å²) in [5, 5.41) is 14.0. The molecule has 0 saturated heterocycles. The van der Waals surface area contributed by atoms with Crippen molar-refractivity contribution in [1.82, 2.24) is 9.78 Å². The van der Waals surface area contributed by atoms with Crippen LogP contribution < -0.4 is 4.74 Å². The number of aliphatic hydroxyl groups is 1. The van der Waals surface area contributed by atoms with E-state index < -0.39 is 12.1 Å². The Morgan fingerprint density at radius 2 is 2.00 bits per heavy atom. The van der Waals surface area contributed by atoms with E-state index in [1.807, 2.05) is 26.0 Å². The van der Waals surface area contributed by atoms with Crippen LogP contribution >= 0.6 is 0 Å². The first kappa shape index (κ1) is 15.3. The molecule has 0 radical (unpaired) electrons. The van der Waals surface area contributed by atoms with Gasteiger partial charge in [0, 0.05) is 12.6 Å². The SMILES string of the molecule is CCc1c(C(C)O)nn(C)c1OC(=O)c1ccc(C)cc1. The standard InChI is InChI=1S/C16H20N2O3/c1-5-13-14(11(3)19)17-18(4)15(13)21-16(20)12-8-6-10(2)7-9-12/h6-9,11,19H,5H2,1-4H3. The van der Waals surface area contributed by atoms with Crippen LogP contribution in [0.3, 0.4) is 0 Å². The van der Waals surface area contributed by atoms with Crippen molar-refractivity contribution in [3.8, 4) is 5.88 Å². The van der Waals surface area contributed by atoms with Crippen molar-refractivity contribution in [3.63, 3.8) is 0 Å². The lowest BCUT2D eigenvalue weighted by molar-refractivity contribution is 0.0718. The van der Waals surface area contributed by atoms with E-state index in [-0.39, 0.29) is 0 Å². The first-order chi connectivity index (χ1) is 9.93. The van der Waals surface area contributed by atoms with Crippen LogP contribution in [-0.4, -0.2) is 20.9 Å². The Labute approximate surface area is 124 Å². The van der Waals surface area contributed by atoms with Crippen molar-refractivity contribution in [2.45, 2.75) is 33.3 Å². The first-order valence-electron chi connectivity index (χ1n) is 6.96. The fourth-order valence-electron chi connectivity index (χ4n) is 2.20. The van der Waals surface area contributed by atoms with Gasteiger partial charge >= 0.3 is 5.97 Å². The third-order valence-electron chi connectivity index (χ3n) is 3.34. The van der Waals surface area contributed by atoms with Gasteiger partial charge in [-0.1, -0.05) is 24.6 Å². The largest absolute Gasteiger partial charge is 0.404 e. The quantitative estimate of drug-likeness (QED) is 0.878. The number of benzene rings is 1. The minimum absolute atomic E-state index is 0.388. The van der Waals surface area contributed by atoms with Gasteiger partial charge in [0.1, 0.15) is 0 Å². The summed E-state index contributed by atoms with van der Waals surface area (Å²) in [6.07, 6.45) is -0.0668. The van der Waals surface area contributed by atoms with Crippen molar-refractivity contribution in [3.05, 3.63) is 46.6 Å². The zero-order chi connectivity index (χ0) is 15.6. The number of ether oxygens (including phenoxy) is 1. The Kier molecular flexibility index (Phi) is 4.43. The molecule has 1 unspecified atom stereocenters. The Morgan fingerprint density at radius 3 is 2.52 bits per heavy atom.